The van der Waals surface area contributed by atoms with E-state index in [4.69, 9.17) is 18.9 Å². The first-order chi connectivity index (χ1) is 21.3. The van der Waals surface area contributed by atoms with Crippen molar-refractivity contribution in [2.24, 2.45) is 0 Å². The second kappa shape index (κ2) is 13.7. The van der Waals surface area contributed by atoms with E-state index >= 15 is 0 Å². The molecule has 2 heterocycles. The number of nitrogens with one attached hydrogen (secondary N) is 2. The van der Waals surface area contributed by atoms with Crippen LogP contribution in [0, 0.1) is 0 Å². The van der Waals surface area contributed by atoms with Gasteiger partial charge < -0.3 is 39.4 Å². The zero-order chi connectivity index (χ0) is 33.0. The predicted octanol–water partition coefficient (Wildman–Crippen LogP) is 4.95. The number of hydrogen-bond acceptors (Lipinski definition) is 8. The number of esters is 2. The van der Waals surface area contributed by atoms with Gasteiger partial charge in [-0.25, -0.2) is 19.2 Å². The van der Waals surface area contributed by atoms with Crippen molar-refractivity contribution in [3.8, 4) is 11.5 Å². The standard InChI is InChI=1S/C33H40N4O8/c1-18(2)44-30(38)26-20(5)36(7)32(40)34-28(26)22-9-13-24(14-10-22)42-17-43-25-15-11-23(12-16-25)29-27(31(39)45-19(3)4)21(6)37(8)33(41)35-29/h9-16,18-19,28-29H,17H2,1-8H3,(H,34,40)(H,35,41). The Morgan fingerprint density at radius 2 is 1.00 bits per heavy atom. The monoisotopic (exact) mass is 620 g/mol. The Labute approximate surface area is 262 Å². The van der Waals surface area contributed by atoms with E-state index in [0.717, 1.165) is 0 Å². The predicted molar refractivity (Wildman–Crippen MR) is 165 cm³/mol. The summed E-state index contributed by atoms with van der Waals surface area (Å²) in [6, 6.07) is 12.0. The van der Waals surface area contributed by atoms with Gasteiger partial charge in [0.1, 0.15) is 11.5 Å². The van der Waals surface area contributed by atoms with E-state index < -0.39 is 24.0 Å². The fourth-order valence-corrected chi connectivity index (χ4v) is 4.93. The normalized spacial score (nSPS) is 18.6. The molecule has 0 spiro atoms. The van der Waals surface area contributed by atoms with E-state index in [2.05, 4.69) is 10.6 Å². The van der Waals surface area contributed by atoms with Gasteiger partial charge in [0, 0.05) is 25.5 Å². The second-order valence-corrected chi connectivity index (χ2v) is 11.3. The van der Waals surface area contributed by atoms with Crippen molar-refractivity contribution in [2.45, 2.75) is 65.8 Å². The molecule has 12 nitrogen and oxygen atoms in total. The molecule has 2 unspecified atom stereocenters. The summed E-state index contributed by atoms with van der Waals surface area (Å²) in [6.07, 6.45) is -0.619. The zero-order valence-corrected chi connectivity index (χ0v) is 26.8. The Morgan fingerprint density at radius 3 is 1.31 bits per heavy atom. The third kappa shape index (κ3) is 7.39. The van der Waals surface area contributed by atoms with Crippen LogP contribution in [0.5, 0.6) is 11.5 Å². The fourth-order valence-electron chi connectivity index (χ4n) is 4.93. The summed E-state index contributed by atoms with van der Waals surface area (Å²) in [5, 5.41) is 5.72. The van der Waals surface area contributed by atoms with Crippen LogP contribution in [0.1, 0.15) is 64.8 Å². The van der Waals surface area contributed by atoms with E-state index in [1.165, 1.54) is 9.80 Å². The summed E-state index contributed by atoms with van der Waals surface area (Å²) >= 11 is 0. The molecule has 2 aromatic rings. The minimum absolute atomic E-state index is 0.0927. The molecule has 2 aliphatic heterocycles. The molecule has 0 aromatic heterocycles. The van der Waals surface area contributed by atoms with E-state index in [0.29, 0.717) is 45.2 Å². The van der Waals surface area contributed by atoms with E-state index in [1.807, 2.05) is 0 Å². The summed E-state index contributed by atoms with van der Waals surface area (Å²) in [4.78, 5) is 53.6. The van der Waals surface area contributed by atoms with Crippen molar-refractivity contribution in [2.75, 3.05) is 20.9 Å². The maximum atomic E-state index is 12.9. The minimum Gasteiger partial charge on any atom is -0.459 e. The molecule has 2 aliphatic rings. The highest BCUT2D eigenvalue weighted by Crippen LogP contribution is 2.33. The molecule has 2 atom stereocenters. The van der Waals surface area contributed by atoms with Crippen LogP contribution in [-0.2, 0) is 19.1 Å². The summed E-state index contributed by atoms with van der Waals surface area (Å²) in [6.45, 7) is 10.4. The van der Waals surface area contributed by atoms with E-state index in [9.17, 15) is 19.2 Å². The van der Waals surface area contributed by atoms with Crippen LogP contribution in [0.3, 0.4) is 0 Å². The summed E-state index contributed by atoms with van der Waals surface area (Å²) in [5.74, 6) is 0.0551. The van der Waals surface area contributed by atoms with Gasteiger partial charge in [-0.2, -0.15) is 0 Å². The molecular formula is C33H40N4O8. The molecule has 45 heavy (non-hydrogen) atoms. The van der Waals surface area contributed by atoms with Crippen LogP contribution in [0.25, 0.3) is 0 Å². The first-order valence-electron chi connectivity index (χ1n) is 14.7. The highest BCUT2D eigenvalue weighted by molar-refractivity contribution is 5.96. The van der Waals surface area contributed by atoms with Crippen molar-refractivity contribution < 1.29 is 38.1 Å². The summed E-state index contributed by atoms with van der Waals surface area (Å²) in [5.41, 5.74) is 3.14. The van der Waals surface area contributed by atoms with E-state index in [1.54, 1.807) is 104 Å². The van der Waals surface area contributed by atoms with Gasteiger partial charge in [0.15, 0.2) is 0 Å². The van der Waals surface area contributed by atoms with Crippen LogP contribution in [-0.4, -0.2) is 66.9 Å². The lowest BCUT2D eigenvalue weighted by Gasteiger charge is -2.33. The quantitative estimate of drug-likeness (QED) is 0.282. The Hall–Kier alpha value is -5.00. The second-order valence-electron chi connectivity index (χ2n) is 11.3. The molecule has 0 fully saturated rings. The molecular weight excluding hydrogens is 580 g/mol. The Morgan fingerprint density at radius 1 is 0.667 bits per heavy atom. The molecule has 0 saturated carbocycles. The number of urea groups is 2. The molecule has 12 heteroatoms. The molecule has 240 valence electrons. The van der Waals surface area contributed by atoms with Gasteiger partial charge >= 0.3 is 24.0 Å². The largest absolute Gasteiger partial charge is 0.459 e. The van der Waals surface area contributed by atoms with Crippen molar-refractivity contribution in [1.82, 2.24) is 20.4 Å². The van der Waals surface area contributed by atoms with Crippen molar-refractivity contribution >= 4 is 24.0 Å². The molecule has 2 N–H and O–H groups in total. The van der Waals surface area contributed by atoms with Gasteiger partial charge in [-0.05, 0) is 76.9 Å². The number of hydrogen-bond donors (Lipinski definition) is 2. The zero-order valence-electron chi connectivity index (χ0n) is 26.8. The maximum Gasteiger partial charge on any atom is 0.338 e. The Bertz CT molecular complexity index is 1400. The average Bonchev–Trinajstić information content (AvgIpc) is 2.98. The average molecular weight is 621 g/mol. The van der Waals surface area contributed by atoms with Gasteiger partial charge in [0.2, 0.25) is 6.79 Å². The number of nitrogens with zero attached hydrogens (tertiary/aromatic N) is 2. The van der Waals surface area contributed by atoms with Gasteiger partial charge in [-0.1, -0.05) is 24.3 Å². The molecule has 0 saturated heterocycles. The maximum absolute atomic E-state index is 12.9. The third-order valence-electron chi connectivity index (χ3n) is 7.51. The topological polar surface area (TPSA) is 136 Å². The van der Waals surface area contributed by atoms with Crippen molar-refractivity contribution in [3.05, 3.63) is 82.2 Å². The number of carbonyl (C=O) groups excluding carboxylic acids is 4. The summed E-state index contributed by atoms with van der Waals surface area (Å²) < 4.78 is 22.4. The lowest BCUT2D eigenvalue weighted by atomic mass is 9.95. The van der Waals surface area contributed by atoms with Crippen LogP contribution >= 0.6 is 0 Å². The SMILES string of the molecule is CC1=C(C(=O)OC(C)C)C(c2ccc(OCOc3ccc(C4NC(=O)N(C)C(C)=C4C(=O)OC(C)C)cc3)cc2)NC(=O)N1C. The number of rotatable bonds is 10. The fraction of sp³-hybridized carbons (Fsp3) is 0.394. The highest BCUT2D eigenvalue weighted by atomic mass is 16.7. The summed E-state index contributed by atoms with van der Waals surface area (Å²) in [7, 11) is 3.19. The van der Waals surface area contributed by atoms with Gasteiger partial charge in [0.25, 0.3) is 0 Å². The van der Waals surface area contributed by atoms with Crippen LogP contribution < -0.4 is 20.1 Å². The lowest BCUT2D eigenvalue weighted by molar-refractivity contribution is -0.144. The van der Waals surface area contributed by atoms with Crippen molar-refractivity contribution in [1.29, 1.82) is 0 Å². The number of allylic oxidation sites excluding steroid dienone is 2. The smallest absolute Gasteiger partial charge is 0.338 e. The van der Waals surface area contributed by atoms with Crippen LogP contribution in [0.2, 0.25) is 0 Å². The highest BCUT2D eigenvalue weighted by Gasteiger charge is 2.36. The van der Waals surface area contributed by atoms with Gasteiger partial charge in [0.05, 0.1) is 35.4 Å². The van der Waals surface area contributed by atoms with Gasteiger partial charge in [-0.15, -0.1) is 0 Å². The minimum atomic E-state index is -0.676. The number of amides is 4. The molecule has 2 aromatic carbocycles. The third-order valence-corrected chi connectivity index (χ3v) is 7.51. The Balaban J connectivity index is 1.41. The molecule has 0 aliphatic carbocycles. The number of benzene rings is 2. The molecule has 0 radical (unpaired) electrons. The number of ether oxygens (including phenoxy) is 4. The van der Waals surface area contributed by atoms with Crippen molar-refractivity contribution in [3.63, 3.8) is 0 Å². The van der Waals surface area contributed by atoms with E-state index in [-0.39, 0.29) is 31.1 Å². The number of carbonyl (C=O) groups is 4. The molecule has 4 rings (SSSR count). The molecule has 4 amide bonds. The molecule has 0 bridgehead atoms. The first-order valence-corrected chi connectivity index (χ1v) is 14.7. The first kappa shape index (κ1) is 32.9. The van der Waals surface area contributed by atoms with Crippen LogP contribution in [0.15, 0.2) is 71.1 Å². The Kier molecular flexibility index (Phi) is 10.1. The lowest BCUT2D eigenvalue weighted by Crippen LogP contribution is -2.46. The van der Waals surface area contributed by atoms with Crippen LogP contribution in [0.4, 0.5) is 9.59 Å². The van der Waals surface area contributed by atoms with Gasteiger partial charge in [-0.3, -0.25) is 0 Å².